The van der Waals surface area contributed by atoms with Crippen LogP contribution in [-0.4, -0.2) is 19.6 Å². The number of aromatic hydroxyl groups is 1. The van der Waals surface area contributed by atoms with Crippen LogP contribution in [0.4, 0.5) is 0 Å². The summed E-state index contributed by atoms with van der Waals surface area (Å²) in [6.07, 6.45) is 4.01. The monoisotopic (exact) mass is 519 g/mol. The van der Waals surface area contributed by atoms with Gasteiger partial charge in [0.1, 0.15) is 16.4 Å². The van der Waals surface area contributed by atoms with E-state index < -0.39 is 10.0 Å². The number of benzene rings is 2. The summed E-state index contributed by atoms with van der Waals surface area (Å²) in [6.45, 7) is 2.22. The molecule has 0 unspecified atom stereocenters. The van der Waals surface area contributed by atoms with E-state index in [1.165, 1.54) is 18.2 Å². The molecular weight excluding hydrogens is 501 g/mol. The van der Waals surface area contributed by atoms with Crippen molar-refractivity contribution in [2.24, 2.45) is 11.3 Å². The summed E-state index contributed by atoms with van der Waals surface area (Å²) in [4.78, 5) is -0.234. The molecule has 0 heterocycles. The van der Waals surface area contributed by atoms with Crippen molar-refractivity contribution in [1.29, 1.82) is 0 Å². The van der Waals surface area contributed by atoms with Crippen molar-refractivity contribution in [3.05, 3.63) is 44.8 Å². The van der Waals surface area contributed by atoms with E-state index in [1.807, 2.05) is 0 Å². The average Bonchev–Trinajstić information content (AvgIpc) is 2.56. The lowest BCUT2D eigenvalue weighted by Gasteiger charge is -2.57. The van der Waals surface area contributed by atoms with Crippen LogP contribution in [0.1, 0.15) is 32.6 Å². The van der Waals surface area contributed by atoms with Crippen molar-refractivity contribution in [2.45, 2.75) is 43.5 Å². The number of sulfonamides is 1. The quantitative estimate of drug-likeness (QED) is 0.498. The largest absolute Gasteiger partial charge is 0.507 e. The highest BCUT2D eigenvalue weighted by atomic mass is 79.9. The fourth-order valence-corrected chi connectivity index (χ4v) is 7.25. The number of phenols is 1. The van der Waals surface area contributed by atoms with E-state index in [4.69, 9.17) is 27.9 Å². The van der Waals surface area contributed by atoms with E-state index in [0.29, 0.717) is 9.89 Å². The zero-order chi connectivity index (χ0) is 21.0. The fourth-order valence-electron chi connectivity index (χ4n) is 4.62. The smallest absolute Gasteiger partial charge is 0.244 e. The number of hydrogen-bond acceptors (Lipinski definition) is 4. The van der Waals surface area contributed by atoms with Crippen LogP contribution in [0.2, 0.25) is 10.0 Å². The van der Waals surface area contributed by atoms with Crippen molar-refractivity contribution in [3.8, 4) is 17.2 Å². The first-order chi connectivity index (χ1) is 13.6. The number of rotatable bonds is 5. The third-order valence-corrected chi connectivity index (χ3v) is 8.22. The third-order valence-electron chi connectivity index (χ3n) is 5.65. The van der Waals surface area contributed by atoms with Gasteiger partial charge < -0.3 is 9.84 Å². The minimum atomic E-state index is -3.89. The predicted molar refractivity (Wildman–Crippen MR) is 117 cm³/mol. The SMILES string of the molecule is CC1CC2(C1)CC(NS(=O)(=O)c1cc(Oc3c(Cl)cc(Br)cc3Cl)ccc1O)C2. The van der Waals surface area contributed by atoms with Gasteiger partial charge in [0, 0.05) is 16.6 Å². The number of nitrogens with one attached hydrogen (secondary N) is 1. The lowest BCUT2D eigenvalue weighted by Crippen LogP contribution is -2.55. The molecule has 0 bridgehead atoms. The molecule has 0 saturated heterocycles. The first-order valence-corrected chi connectivity index (χ1v) is 12.3. The standard InChI is InChI=1S/C20H20BrCl2NO4S/c1-11-7-20(8-11)9-13(10-20)24-29(26,27)18-6-14(2-3-17(18)25)28-19-15(22)4-12(21)5-16(19)23/h2-6,11,13,24-25H,7-10H2,1H3. The zero-order valence-corrected chi connectivity index (χ0v) is 19.5. The summed E-state index contributed by atoms with van der Waals surface area (Å²) in [5.41, 5.74) is 0.314. The highest BCUT2D eigenvalue weighted by molar-refractivity contribution is 9.10. The maximum atomic E-state index is 12.8. The molecule has 2 N–H and O–H groups in total. The topological polar surface area (TPSA) is 75.6 Å². The van der Waals surface area contributed by atoms with Crippen LogP contribution in [0.25, 0.3) is 0 Å². The minimum Gasteiger partial charge on any atom is -0.507 e. The Bertz CT molecular complexity index is 1040. The Labute approximate surface area is 188 Å². The second-order valence-corrected chi connectivity index (χ2v) is 11.6. The molecule has 2 fully saturated rings. The second-order valence-electron chi connectivity index (χ2n) is 8.17. The summed E-state index contributed by atoms with van der Waals surface area (Å²) in [5.74, 6) is 0.789. The Morgan fingerprint density at radius 1 is 1.14 bits per heavy atom. The summed E-state index contributed by atoms with van der Waals surface area (Å²) in [7, 11) is -3.89. The van der Waals surface area contributed by atoms with Crippen LogP contribution >= 0.6 is 39.1 Å². The van der Waals surface area contributed by atoms with E-state index in [2.05, 4.69) is 27.6 Å². The lowest BCUT2D eigenvalue weighted by molar-refractivity contribution is -0.0359. The summed E-state index contributed by atoms with van der Waals surface area (Å²) >= 11 is 15.6. The first kappa shape index (κ1) is 21.2. The molecule has 156 valence electrons. The second kappa shape index (κ2) is 7.61. The first-order valence-electron chi connectivity index (χ1n) is 9.25. The molecule has 2 aromatic rings. The van der Waals surface area contributed by atoms with E-state index in [0.717, 1.165) is 31.6 Å². The molecule has 29 heavy (non-hydrogen) atoms. The van der Waals surface area contributed by atoms with Crippen molar-refractivity contribution in [2.75, 3.05) is 0 Å². The minimum absolute atomic E-state index is 0.105. The predicted octanol–water partition coefficient (Wildman–Crippen LogP) is 6.11. The lowest BCUT2D eigenvalue weighted by atomic mass is 9.50. The van der Waals surface area contributed by atoms with Gasteiger partial charge in [0.15, 0.2) is 5.75 Å². The van der Waals surface area contributed by atoms with Gasteiger partial charge in [0.2, 0.25) is 10.0 Å². The Hall–Kier alpha value is -0.990. The van der Waals surface area contributed by atoms with Gasteiger partial charge in [0.25, 0.3) is 0 Å². The van der Waals surface area contributed by atoms with E-state index >= 15 is 0 Å². The van der Waals surface area contributed by atoms with Gasteiger partial charge in [-0.1, -0.05) is 46.1 Å². The van der Waals surface area contributed by atoms with Gasteiger partial charge >= 0.3 is 0 Å². The van der Waals surface area contributed by atoms with Crippen LogP contribution in [0.5, 0.6) is 17.2 Å². The maximum Gasteiger partial charge on any atom is 0.244 e. The van der Waals surface area contributed by atoms with E-state index in [1.54, 1.807) is 12.1 Å². The normalized spacial score (nSPS) is 26.1. The van der Waals surface area contributed by atoms with Gasteiger partial charge in [-0.05, 0) is 61.3 Å². The number of halogens is 3. The fraction of sp³-hybridized carbons (Fsp3) is 0.400. The van der Waals surface area contributed by atoms with Crippen LogP contribution < -0.4 is 9.46 Å². The highest BCUT2D eigenvalue weighted by Crippen LogP contribution is 2.58. The summed E-state index contributed by atoms with van der Waals surface area (Å²) < 4.78 is 34.8. The van der Waals surface area contributed by atoms with Gasteiger partial charge in [0.05, 0.1) is 10.0 Å². The molecule has 4 rings (SSSR count). The van der Waals surface area contributed by atoms with Crippen LogP contribution in [0.15, 0.2) is 39.7 Å². The molecule has 2 aromatic carbocycles. The average molecular weight is 521 g/mol. The zero-order valence-electron chi connectivity index (χ0n) is 15.6. The summed E-state index contributed by atoms with van der Waals surface area (Å²) in [5, 5.41) is 10.7. The molecule has 0 radical (unpaired) electrons. The molecule has 5 nitrogen and oxygen atoms in total. The Morgan fingerprint density at radius 2 is 1.76 bits per heavy atom. The number of phenolic OH excluding ortho intramolecular Hbond substituents is 1. The molecule has 2 saturated carbocycles. The highest BCUT2D eigenvalue weighted by Gasteiger charge is 2.52. The molecular formula is C20H20BrCl2NO4S. The van der Waals surface area contributed by atoms with Crippen LogP contribution in [0.3, 0.4) is 0 Å². The van der Waals surface area contributed by atoms with Crippen molar-refractivity contribution >= 4 is 49.2 Å². The van der Waals surface area contributed by atoms with Gasteiger partial charge in [-0.3, -0.25) is 0 Å². The van der Waals surface area contributed by atoms with Gasteiger partial charge in [-0.15, -0.1) is 0 Å². The molecule has 1 spiro atoms. The number of ether oxygens (including phenoxy) is 1. The Balaban J connectivity index is 1.52. The molecule has 9 heteroatoms. The van der Waals surface area contributed by atoms with Crippen LogP contribution in [0, 0.1) is 11.3 Å². The molecule has 0 atom stereocenters. The number of hydrogen-bond donors (Lipinski definition) is 2. The molecule has 0 amide bonds. The third kappa shape index (κ3) is 4.26. The van der Waals surface area contributed by atoms with Crippen molar-refractivity contribution in [1.82, 2.24) is 4.72 Å². The van der Waals surface area contributed by atoms with Crippen molar-refractivity contribution in [3.63, 3.8) is 0 Å². The van der Waals surface area contributed by atoms with Gasteiger partial charge in [-0.2, -0.15) is 0 Å². The van der Waals surface area contributed by atoms with Gasteiger partial charge in [-0.25, -0.2) is 13.1 Å². The maximum absolute atomic E-state index is 12.8. The molecule has 0 aliphatic heterocycles. The molecule has 0 aromatic heterocycles. The summed E-state index contributed by atoms with van der Waals surface area (Å²) in [6, 6.07) is 7.14. The Kier molecular flexibility index (Phi) is 5.57. The Morgan fingerprint density at radius 3 is 2.34 bits per heavy atom. The van der Waals surface area contributed by atoms with Crippen LogP contribution in [-0.2, 0) is 10.0 Å². The van der Waals surface area contributed by atoms with Crippen molar-refractivity contribution < 1.29 is 18.3 Å². The van der Waals surface area contributed by atoms with E-state index in [9.17, 15) is 13.5 Å². The molecule has 2 aliphatic rings. The van der Waals surface area contributed by atoms with E-state index in [-0.39, 0.29) is 38.2 Å². The molecule has 2 aliphatic carbocycles.